The van der Waals surface area contributed by atoms with Gasteiger partial charge in [0.05, 0.1) is 10.7 Å². The van der Waals surface area contributed by atoms with Gasteiger partial charge in [-0.05, 0) is 37.0 Å². The Hall–Kier alpha value is -2.14. The molecule has 2 heterocycles. The van der Waals surface area contributed by atoms with Crippen LogP contribution in [0.2, 0.25) is 5.02 Å². The molecule has 1 saturated heterocycles. The highest BCUT2D eigenvalue weighted by Gasteiger charge is 2.21. The lowest BCUT2D eigenvalue weighted by Crippen LogP contribution is -2.41. The number of benzene rings is 1. The lowest BCUT2D eigenvalue weighted by molar-refractivity contribution is -0.119. The number of anilines is 1. The van der Waals surface area contributed by atoms with Crippen molar-refractivity contribution < 1.29 is 4.79 Å². The Bertz CT molecular complexity index is 704. The van der Waals surface area contributed by atoms with Crippen LogP contribution in [-0.2, 0) is 4.79 Å². The van der Waals surface area contributed by atoms with Crippen LogP contribution in [0.15, 0.2) is 36.4 Å². The molecule has 1 aromatic carbocycles. The van der Waals surface area contributed by atoms with Crippen molar-refractivity contribution in [2.24, 2.45) is 5.92 Å². The highest BCUT2D eigenvalue weighted by Crippen LogP contribution is 2.27. The van der Waals surface area contributed by atoms with Gasteiger partial charge in [0.15, 0.2) is 5.82 Å². The standard InChI is InChI=1S/C18H21ClN4O/c1-13(24)20-11-14-5-4-10-23(12-14)18-9-8-17(21-22-18)15-6-2-3-7-16(15)19/h2-3,6-9,14H,4-5,10-12H2,1H3,(H,20,24). The second-order valence-corrected chi connectivity index (χ2v) is 6.56. The van der Waals surface area contributed by atoms with Crippen molar-refractivity contribution in [3.63, 3.8) is 0 Å². The van der Waals surface area contributed by atoms with Crippen LogP contribution in [0.4, 0.5) is 5.82 Å². The number of carbonyl (C=O) groups excluding carboxylic acids is 1. The minimum atomic E-state index is 0.0241. The number of nitrogens with one attached hydrogen (secondary N) is 1. The molecule has 1 atom stereocenters. The molecule has 1 aliphatic rings. The molecule has 0 bridgehead atoms. The van der Waals surface area contributed by atoms with E-state index in [1.807, 2.05) is 36.4 Å². The van der Waals surface area contributed by atoms with E-state index in [0.717, 1.165) is 49.6 Å². The molecule has 1 amide bonds. The lowest BCUT2D eigenvalue weighted by Gasteiger charge is -2.33. The molecule has 1 aromatic heterocycles. The maximum atomic E-state index is 11.1. The Labute approximate surface area is 147 Å². The summed E-state index contributed by atoms with van der Waals surface area (Å²) in [5.41, 5.74) is 1.66. The largest absolute Gasteiger partial charge is 0.356 e. The molecular weight excluding hydrogens is 324 g/mol. The van der Waals surface area contributed by atoms with Gasteiger partial charge in [0, 0.05) is 32.1 Å². The van der Waals surface area contributed by atoms with Crippen molar-refractivity contribution in [2.75, 3.05) is 24.5 Å². The molecule has 0 aliphatic carbocycles. The fourth-order valence-corrected chi connectivity index (χ4v) is 3.27. The average molecular weight is 345 g/mol. The van der Waals surface area contributed by atoms with Gasteiger partial charge in [-0.1, -0.05) is 29.8 Å². The SMILES string of the molecule is CC(=O)NCC1CCCN(c2ccc(-c3ccccc3Cl)nn2)C1. The van der Waals surface area contributed by atoms with E-state index in [1.54, 1.807) is 6.92 Å². The summed E-state index contributed by atoms with van der Waals surface area (Å²) < 4.78 is 0. The summed E-state index contributed by atoms with van der Waals surface area (Å²) in [6.45, 7) is 4.13. The zero-order valence-corrected chi connectivity index (χ0v) is 14.5. The van der Waals surface area contributed by atoms with Crippen molar-refractivity contribution in [2.45, 2.75) is 19.8 Å². The number of nitrogens with zero attached hydrogens (tertiary/aromatic N) is 3. The highest BCUT2D eigenvalue weighted by atomic mass is 35.5. The second kappa shape index (κ2) is 7.62. The maximum Gasteiger partial charge on any atom is 0.216 e. The number of amides is 1. The summed E-state index contributed by atoms with van der Waals surface area (Å²) >= 11 is 6.21. The fourth-order valence-electron chi connectivity index (χ4n) is 3.03. The maximum absolute atomic E-state index is 11.1. The van der Waals surface area contributed by atoms with Crippen LogP contribution in [0.25, 0.3) is 11.3 Å². The van der Waals surface area contributed by atoms with E-state index in [4.69, 9.17) is 11.6 Å². The summed E-state index contributed by atoms with van der Waals surface area (Å²) in [5.74, 6) is 1.35. The summed E-state index contributed by atoms with van der Waals surface area (Å²) in [4.78, 5) is 13.3. The Morgan fingerprint density at radius 3 is 2.83 bits per heavy atom. The van der Waals surface area contributed by atoms with Crippen molar-refractivity contribution in [3.05, 3.63) is 41.4 Å². The van der Waals surface area contributed by atoms with Crippen LogP contribution in [0, 0.1) is 5.92 Å². The van der Waals surface area contributed by atoms with Gasteiger partial charge >= 0.3 is 0 Å². The first-order chi connectivity index (χ1) is 11.6. The molecule has 0 saturated carbocycles. The molecule has 3 rings (SSSR count). The van der Waals surface area contributed by atoms with Crippen LogP contribution < -0.4 is 10.2 Å². The zero-order chi connectivity index (χ0) is 16.9. The zero-order valence-electron chi connectivity index (χ0n) is 13.7. The van der Waals surface area contributed by atoms with E-state index in [9.17, 15) is 4.79 Å². The average Bonchev–Trinajstić information content (AvgIpc) is 2.61. The molecule has 126 valence electrons. The van der Waals surface area contributed by atoms with E-state index >= 15 is 0 Å². The van der Waals surface area contributed by atoms with E-state index in [1.165, 1.54) is 0 Å². The first kappa shape index (κ1) is 16.7. The van der Waals surface area contributed by atoms with Crippen molar-refractivity contribution in [3.8, 4) is 11.3 Å². The summed E-state index contributed by atoms with van der Waals surface area (Å²) in [6.07, 6.45) is 2.22. The summed E-state index contributed by atoms with van der Waals surface area (Å²) in [7, 11) is 0. The van der Waals surface area contributed by atoms with Gasteiger partial charge < -0.3 is 10.2 Å². The normalized spacial score (nSPS) is 17.6. The number of carbonyl (C=O) groups is 1. The number of hydrogen-bond acceptors (Lipinski definition) is 4. The molecule has 1 aliphatic heterocycles. The van der Waals surface area contributed by atoms with Crippen molar-refractivity contribution >= 4 is 23.3 Å². The van der Waals surface area contributed by atoms with Crippen LogP contribution in [0.3, 0.4) is 0 Å². The molecule has 1 N–H and O–H groups in total. The molecule has 5 nitrogen and oxygen atoms in total. The van der Waals surface area contributed by atoms with Crippen LogP contribution in [0.5, 0.6) is 0 Å². The van der Waals surface area contributed by atoms with Crippen molar-refractivity contribution in [1.82, 2.24) is 15.5 Å². The van der Waals surface area contributed by atoms with Gasteiger partial charge in [0.25, 0.3) is 0 Å². The number of halogens is 1. The predicted octanol–water partition coefficient (Wildman–Crippen LogP) is 3.15. The molecule has 0 spiro atoms. The van der Waals surface area contributed by atoms with Gasteiger partial charge in [-0.15, -0.1) is 10.2 Å². The lowest BCUT2D eigenvalue weighted by atomic mass is 9.98. The molecule has 24 heavy (non-hydrogen) atoms. The predicted molar refractivity (Wildman–Crippen MR) is 96.1 cm³/mol. The molecule has 6 heteroatoms. The van der Waals surface area contributed by atoms with Gasteiger partial charge in [0.1, 0.15) is 0 Å². The Balaban J connectivity index is 1.69. The molecular formula is C18H21ClN4O. The molecule has 1 unspecified atom stereocenters. The minimum absolute atomic E-state index is 0.0241. The third kappa shape index (κ3) is 4.03. The monoisotopic (exact) mass is 344 g/mol. The third-order valence-electron chi connectivity index (χ3n) is 4.28. The minimum Gasteiger partial charge on any atom is -0.356 e. The van der Waals surface area contributed by atoms with E-state index < -0.39 is 0 Å². The van der Waals surface area contributed by atoms with Crippen LogP contribution in [0.1, 0.15) is 19.8 Å². The Morgan fingerprint density at radius 2 is 2.12 bits per heavy atom. The first-order valence-corrected chi connectivity index (χ1v) is 8.59. The van der Waals surface area contributed by atoms with Crippen LogP contribution >= 0.6 is 11.6 Å². The molecule has 1 fully saturated rings. The first-order valence-electron chi connectivity index (χ1n) is 8.21. The van der Waals surface area contributed by atoms with Crippen molar-refractivity contribution in [1.29, 1.82) is 0 Å². The van der Waals surface area contributed by atoms with Gasteiger partial charge in [-0.25, -0.2) is 0 Å². The molecule has 0 radical (unpaired) electrons. The Kier molecular flexibility index (Phi) is 5.30. The molecule has 2 aromatic rings. The Morgan fingerprint density at radius 1 is 1.29 bits per heavy atom. The fraction of sp³-hybridized carbons (Fsp3) is 0.389. The highest BCUT2D eigenvalue weighted by molar-refractivity contribution is 6.33. The third-order valence-corrected chi connectivity index (χ3v) is 4.61. The van der Waals surface area contributed by atoms with Crippen LogP contribution in [-0.4, -0.2) is 35.7 Å². The van der Waals surface area contributed by atoms with E-state index in [0.29, 0.717) is 10.9 Å². The van der Waals surface area contributed by atoms with Gasteiger partial charge in [-0.2, -0.15) is 0 Å². The number of rotatable bonds is 4. The van der Waals surface area contributed by atoms with Gasteiger partial charge in [-0.3, -0.25) is 4.79 Å². The number of piperidine rings is 1. The summed E-state index contributed by atoms with van der Waals surface area (Å²) in [6, 6.07) is 11.6. The number of aromatic nitrogens is 2. The number of hydrogen-bond donors (Lipinski definition) is 1. The van der Waals surface area contributed by atoms with E-state index in [2.05, 4.69) is 20.4 Å². The second-order valence-electron chi connectivity index (χ2n) is 6.15. The topological polar surface area (TPSA) is 58.1 Å². The van der Waals surface area contributed by atoms with E-state index in [-0.39, 0.29) is 5.91 Å². The summed E-state index contributed by atoms with van der Waals surface area (Å²) in [5, 5.41) is 12.3. The quantitative estimate of drug-likeness (QED) is 0.925. The van der Waals surface area contributed by atoms with Gasteiger partial charge in [0.2, 0.25) is 5.91 Å². The smallest absolute Gasteiger partial charge is 0.216 e.